The second-order valence-electron chi connectivity index (χ2n) is 10.3. The van der Waals surface area contributed by atoms with E-state index in [0.29, 0.717) is 16.3 Å². The lowest BCUT2D eigenvalue weighted by Gasteiger charge is -2.34. The molecule has 0 aliphatic rings. The molecular weight excluding hydrogens is 665 g/mol. The molecule has 13 heteroatoms. The van der Waals surface area contributed by atoms with Crippen molar-refractivity contribution in [3.05, 3.63) is 112 Å². The highest BCUT2D eigenvalue weighted by Gasteiger charge is 2.36. The molecule has 0 saturated carbocycles. The first-order chi connectivity index (χ1) is 22.5. The van der Waals surface area contributed by atoms with Crippen molar-refractivity contribution in [1.82, 2.24) is 10.2 Å². The third-order valence-electron chi connectivity index (χ3n) is 7.42. The first kappa shape index (κ1) is 35.4. The van der Waals surface area contributed by atoms with Gasteiger partial charge in [-0.05, 0) is 53.6 Å². The van der Waals surface area contributed by atoms with E-state index in [0.717, 1.165) is 9.87 Å². The van der Waals surface area contributed by atoms with E-state index in [1.807, 2.05) is 30.3 Å². The minimum absolute atomic E-state index is 0.0160. The maximum atomic E-state index is 14.5. The van der Waals surface area contributed by atoms with Crippen LogP contribution in [0, 0.1) is 0 Å². The second kappa shape index (κ2) is 15.9. The summed E-state index contributed by atoms with van der Waals surface area (Å²) >= 11 is 12.5. The number of hydrogen-bond acceptors (Lipinski definition) is 7. The van der Waals surface area contributed by atoms with Crippen LogP contribution in [0.25, 0.3) is 0 Å². The molecule has 0 fully saturated rings. The third kappa shape index (κ3) is 8.48. The molecule has 4 aromatic carbocycles. The summed E-state index contributed by atoms with van der Waals surface area (Å²) in [6.07, 6.45) is 0.169. The molecule has 0 spiro atoms. The highest BCUT2D eigenvalue weighted by molar-refractivity contribution is 7.92. The van der Waals surface area contributed by atoms with E-state index in [1.54, 1.807) is 30.3 Å². The number of halogens is 2. The lowest BCUT2D eigenvalue weighted by Crippen LogP contribution is -2.53. The standard InChI is InChI=1S/C34H35Cl2N3O7S/c1-37-34(41)29(18-23-8-6-5-7-9-23)38(21-24-10-12-25(35)13-11-24)33(40)22-39(28-19-26(36)14-16-30(28)44-2)47(42,43)27-15-17-31(45-3)32(20-27)46-4/h5-17,19-20,29H,18,21-22H2,1-4H3,(H,37,41). The fourth-order valence-electron chi connectivity index (χ4n) is 4.98. The average Bonchev–Trinajstić information content (AvgIpc) is 3.09. The zero-order valence-electron chi connectivity index (χ0n) is 26.3. The Balaban J connectivity index is 1.86. The van der Waals surface area contributed by atoms with E-state index < -0.39 is 34.4 Å². The van der Waals surface area contributed by atoms with Crippen LogP contribution < -0.4 is 23.8 Å². The summed E-state index contributed by atoms with van der Waals surface area (Å²) in [7, 11) is 1.19. The van der Waals surface area contributed by atoms with Crippen molar-refractivity contribution >= 4 is 50.7 Å². The SMILES string of the molecule is CNC(=O)C(Cc1ccccc1)N(Cc1ccc(Cl)cc1)C(=O)CN(c1cc(Cl)ccc1OC)S(=O)(=O)c1ccc(OC)c(OC)c1. The minimum Gasteiger partial charge on any atom is -0.495 e. The fourth-order valence-corrected chi connectivity index (χ4v) is 6.71. The molecule has 0 aliphatic carbocycles. The molecule has 1 atom stereocenters. The number of methoxy groups -OCH3 is 3. The number of nitrogens with zero attached hydrogens (tertiary/aromatic N) is 2. The number of carbonyl (C=O) groups excluding carboxylic acids is 2. The number of carbonyl (C=O) groups is 2. The van der Waals surface area contributed by atoms with Gasteiger partial charge in [0.25, 0.3) is 10.0 Å². The van der Waals surface area contributed by atoms with Gasteiger partial charge in [-0.2, -0.15) is 0 Å². The normalized spacial score (nSPS) is 11.7. The summed E-state index contributed by atoms with van der Waals surface area (Å²) in [6.45, 7) is -0.721. The summed E-state index contributed by atoms with van der Waals surface area (Å²) in [5.74, 6) is -0.438. The molecule has 0 aliphatic heterocycles. The molecule has 0 heterocycles. The maximum absolute atomic E-state index is 14.5. The molecule has 0 aromatic heterocycles. The Labute approximate surface area is 284 Å². The van der Waals surface area contributed by atoms with Crippen molar-refractivity contribution in [3.63, 3.8) is 0 Å². The molecule has 10 nitrogen and oxygen atoms in total. The van der Waals surface area contributed by atoms with Crippen molar-refractivity contribution in [2.75, 3.05) is 39.2 Å². The van der Waals surface area contributed by atoms with Crippen LogP contribution in [0.4, 0.5) is 5.69 Å². The number of sulfonamides is 1. The summed E-state index contributed by atoms with van der Waals surface area (Å²) in [4.78, 5) is 29.2. The van der Waals surface area contributed by atoms with Crippen molar-refractivity contribution in [1.29, 1.82) is 0 Å². The van der Waals surface area contributed by atoms with Crippen molar-refractivity contribution in [2.45, 2.75) is 23.9 Å². The zero-order valence-corrected chi connectivity index (χ0v) is 28.6. The largest absolute Gasteiger partial charge is 0.495 e. The number of amides is 2. The van der Waals surface area contributed by atoms with Crippen molar-refractivity contribution < 1.29 is 32.2 Å². The number of anilines is 1. The summed E-state index contributed by atoms with van der Waals surface area (Å²) in [5, 5.41) is 3.37. The molecule has 2 amide bonds. The van der Waals surface area contributed by atoms with E-state index in [1.165, 1.54) is 63.6 Å². The van der Waals surface area contributed by atoms with Gasteiger partial charge >= 0.3 is 0 Å². The molecule has 0 bridgehead atoms. The van der Waals surface area contributed by atoms with Crippen LogP contribution in [0.1, 0.15) is 11.1 Å². The van der Waals surface area contributed by atoms with Gasteiger partial charge in [-0.15, -0.1) is 0 Å². The first-order valence-electron chi connectivity index (χ1n) is 14.4. The van der Waals surface area contributed by atoms with Crippen molar-refractivity contribution in [2.24, 2.45) is 0 Å². The molecule has 1 unspecified atom stereocenters. The van der Waals surface area contributed by atoms with E-state index in [2.05, 4.69) is 5.32 Å². The van der Waals surface area contributed by atoms with Gasteiger partial charge in [0.1, 0.15) is 18.3 Å². The molecule has 4 aromatic rings. The highest BCUT2D eigenvalue weighted by atomic mass is 35.5. The molecule has 1 N–H and O–H groups in total. The van der Waals surface area contributed by atoms with Crippen LogP contribution in [-0.2, 0) is 32.6 Å². The lowest BCUT2D eigenvalue weighted by atomic mass is 10.0. The van der Waals surface area contributed by atoms with Gasteiger partial charge in [0, 0.05) is 36.1 Å². The van der Waals surface area contributed by atoms with Gasteiger partial charge in [0.2, 0.25) is 11.8 Å². The van der Waals surface area contributed by atoms with Crippen molar-refractivity contribution in [3.8, 4) is 17.2 Å². The minimum atomic E-state index is -4.48. The number of benzene rings is 4. The van der Waals surface area contributed by atoms with Gasteiger partial charge in [0.15, 0.2) is 11.5 Å². The monoisotopic (exact) mass is 699 g/mol. The molecule has 0 radical (unpaired) electrons. The van der Waals surface area contributed by atoms with Gasteiger partial charge < -0.3 is 24.4 Å². The van der Waals surface area contributed by atoms with E-state index in [-0.39, 0.29) is 40.1 Å². The molecule has 0 saturated heterocycles. The first-order valence-corrected chi connectivity index (χ1v) is 16.6. The Morgan fingerprint density at radius 2 is 1.38 bits per heavy atom. The molecule has 248 valence electrons. The van der Waals surface area contributed by atoms with Crippen LogP contribution >= 0.6 is 23.2 Å². The van der Waals surface area contributed by atoms with Gasteiger partial charge in [0.05, 0.1) is 31.9 Å². The molecular formula is C34H35Cl2N3O7S. The van der Waals surface area contributed by atoms with Crippen LogP contribution in [0.3, 0.4) is 0 Å². The lowest BCUT2D eigenvalue weighted by molar-refractivity contribution is -0.139. The number of ether oxygens (including phenoxy) is 3. The Hall–Kier alpha value is -4.45. The Bertz CT molecular complexity index is 1810. The zero-order chi connectivity index (χ0) is 34.1. The van der Waals surface area contributed by atoms with Gasteiger partial charge in [-0.25, -0.2) is 8.42 Å². The predicted molar refractivity (Wildman–Crippen MR) is 182 cm³/mol. The average molecular weight is 701 g/mol. The van der Waals surface area contributed by atoms with Crippen LogP contribution in [0.5, 0.6) is 17.2 Å². The van der Waals surface area contributed by atoms with E-state index in [4.69, 9.17) is 37.4 Å². The summed E-state index contributed by atoms with van der Waals surface area (Å²) < 4.78 is 46.0. The predicted octanol–water partition coefficient (Wildman–Crippen LogP) is 5.60. The van der Waals surface area contributed by atoms with Crippen LogP contribution in [0.2, 0.25) is 10.0 Å². The van der Waals surface area contributed by atoms with Crippen LogP contribution in [0.15, 0.2) is 95.9 Å². The highest BCUT2D eigenvalue weighted by Crippen LogP contribution is 2.37. The Kier molecular flexibility index (Phi) is 12.0. The maximum Gasteiger partial charge on any atom is 0.265 e. The topological polar surface area (TPSA) is 114 Å². The van der Waals surface area contributed by atoms with Gasteiger partial charge in [-0.1, -0.05) is 65.7 Å². The van der Waals surface area contributed by atoms with Gasteiger partial charge in [-0.3, -0.25) is 13.9 Å². The molecule has 47 heavy (non-hydrogen) atoms. The fraction of sp³-hybridized carbons (Fsp3) is 0.235. The van der Waals surface area contributed by atoms with E-state index >= 15 is 0 Å². The third-order valence-corrected chi connectivity index (χ3v) is 9.66. The quantitative estimate of drug-likeness (QED) is 0.182. The number of nitrogens with one attached hydrogen (secondary N) is 1. The molecule has 4 rings (SSSR count). The van der Waals surface area contributed by atoms with Crippen LogP contribution in [-0.4, -0.2) is 66.1 Å². The smallest absolute Gasteiger partial charge is 0.265 e. The number of rotatable bonds is 14. The Morgan fingerprint density at radius 3 is 2.00 bits per heavy atom. The summed E-state index contributed by atoms with van der Waals surface area (Å²) in [6, 6.07) is 23.6. The number of hydrogen-bond donors (Lipinski definition) is 1. The van der Waals surface area contributed by atoms with E-state index in [9.17, 15) is 18.0 Å². The second-order valence-corrected chi connectivity index (χ2v) is 13.0. The summed E-state index contributed by atoms with van der Waals surface area (Å²) in [5.41, 5.74) is 1.51. The Morgan fingerprint density at radius 1 is 0.766 bits per heavy atom. The number of likely N-dealkylation sites (N-methyl/N-ethyl adjacent to an activating group) is 1.